The summed E-state index contributed by atoms with van der Waals surface area (Å²) in [6.45, 7) is 9.29. The Kier molecular flexibility index (Phi) is 7.67. The van der Waals surface area contributed by atoms with E-state index in [1.165, 1.54) is 16.6 Å². The Morgan fingerprint density at radius 3 is 2.32 bits per heavy atom. The molecule has 2 aliphatic heterocycles. The van der Waals surface area contributed by atoms with Crippen molar-refractivity contribution in [2.45, 2.75) is 26.2 Å². The van der Waals surface area contributed by atoms with Crippen molar-refractivity contribution in [3.63, 3.8) is 0 Å². The molecule has 9 heteroatoms. The zero-order valence-electron chi connectivity index (χ0n) is 17.9. The maximum absolute atomic E-state index is 9.55. The van der Waals surface area contributed by atoms with Crippen LogP contribution in [0, 0.1) is 0 Å². The number of morpholine rings is 1. The number of carbonyl (C=O) groups is 2. The number of ether oxygens (including phenoxy) is 2. The van der Waals surface area contributed by atoms with Gasteiger partial charge >= 0.3 is 11.9 Å². The van der Waals surface area contributed by atoms with Gasteiger partial charge in [-0.15, -0.1) is 0 Å². The van der Waals surface area contributed by atoms with Gasteiger partial charge in [0.25, 0.3) is 0 Å². The second-order valence-corrected chi connectivity index (χ2v) is 7.47. The molecule has 1 unspecified atom stereocenters. The number of benzene rings is 1. The van der Waals surface area contributed by atoms with Gasteiger partial charge in [0, 0.05) is 61.5 Å². The number of aliphatic carboxylic acids is 2. The van der Waals surface area contributed by atoms with E-state index in [1.54, 1.807) is 7.11 Å². The quantitative estimate of drug-likeness (QED) is 0.692. The fraction of sp³-hybridized carbons (Fsp3) is 0.455. The molecule has 31 heavy (non-hydrogen) atoms. The number of carboxylic acids is 2. The van der Waals surface area contributed by atoms with Crippen molar-refractivity contribution in [2.24, 2.45) is 0 Å². The van der Waals surface area contributed by atoms with Crippen LogP contribution in [0.3, 0.4) is 0 Å². The van der Waals surface area contributed by atoms with E-state index in [-0.39, 0.29) is 0 Å². The van der Waals surface area contributed by atoms with Gasteiger partial charge in [-0.2, -0.15) is 0 Å². The fourth-order valence-corrected chi connectivity index (χ4v) is 3.99. The average molecular weight is 431 g/mol. The highest BCUT2D eigenvalue weighted by Crippen LogP contribution is 2.28. The third-order valence-corrected chi connectivity index (χ3v) is 5.64. The minimum absolute atomic E-state index is 0.472. The molecule has 9 nitrogen and oxygen atoms in total. The van der Waals surface area contributed by atoms with Crippen LogP contribution in [0.2, 0.25) is 0 Å². The van der Waals surface area contributed by atoms with Crippen molar-refractivity contribution >= 4 is 22.8 Å². The number of hydrogen-bond donors (Lipinski definition) is 2. The third kappa shape index (κ3) is 5.84. The SMILES string of the molecule is COc1ccc2c(c1)cc1n2CCN(C(C)N2CCOCC2)C1.O=C(O)/C=C/C(=O)O. The second-order valence-electron chi connectivity index (χ2n) is 7.47. The number of rotatable bonds is 5. The highest BCUT2D eigenvalue weighted by molar-refractivity contribution is 5.89. The maximum Gasteiger partial charge on any atom is 0.328 e. The maximum atomic E-state index is 9.55. The van der Waals surface area contributed by atoms with Gasteiger partial charge in [-0.25, -0.2) is 9.59 Å². The van der Waals surface area contributed by atoms with Gasteiger partial charge in [0.15, 0.2) is 0 Å². The summed E-state index contributed by atoms with van der Waals surface area (Å²) >= 11 is 0. The van der Waals surface area contributed by atoms with Crippen LogP contribution in [0.5, 0.6) is 5.75 Å². The molecule has 3 heterocycles. The Morgan fingerprint density at radius 2 is 1.71 bits per heavy atom. The van der Waals surface area contributed by atoms with Crippen molar-refractivity contribution in [3.8, 4) is 5.75 Å². The summed E-state index contributed by atoms with van der Waals surface area (Å²) in [7, 11) is 1.73. The first kappa shape index (κ1) is 22.8. The predicted octanol–water partition coefficient (Wildman–Crippen LogP) is 1.86. The summed E-state index contributed by atoms with van der Waals surface area (Å²) in [6.07, 6.45) is 1.59. The van der Waals surface area contributed by atoms with E-state index in [0.717, 1.165) is 51.7 Å². The summed E-state index contributed by atoms with van der Waals surface area (Å²) in [5.41, 5.74) is 2.72. The van der Waals surface area contributed by atoms with Crippen LogP contribution in [-0.4, -0.2) is 82.6 Å². The van der Waals surface area contributed by atoms with Crippen LogP contribution in [-0.2, 0) is 27.4 Å². The number of nitrogens with zero attached hydrogens (tertiary/aromatic N) is 3. The molecule has 0 spiro atoms. The molecule has 1 aromatic carbocycles. The molecule has 2 aliphatic rings. The van der Waals surface area contributed by atoms with Gasteiger partial charge in [0.2, 0.25) is 0 Å². The molecule has 2 aromatic rings. The average Bonchev–Trinajstić information content (AvgIpc) is 3.15. The summed E-state index contributed by atoms with van der Waals surface area (Å²) in [6, 6.07) is 8.68. The zero-order chi connectivity index (χ0) is 22.4. The van der Waals surface area contributed by atoms with E-state index in [4.69, 9.17) is 19.7 Å². The first-order valence-corrected chi connectivity index (χ1v) is 10.2. The van der Waals surface area contributed by atoms with Crippen LogP contribution < -0.4 is 4.74 Å². The molecule has 168 valence electrons. The molecule has 0 saturated carbocycles. The smallest absolute Gasteiger partial charge is 0.328 e. The van der Waals surface area contributed by atoms with Crippen molar-refractivity contribution < 1.29 is 29.3 Å². The lowest BCUT2D eigenvalue weighted by molar-refractivity contribution is -0.134. The summed E-state index contributed by atoms with van der Waals surface area (Å²) < 4.78 is 13.3. The Balaban J connectivity index is 0.000000293. The monoisotopic (exact) mass is 431 g/mol. The Labute approximate surface area is 181 Å². The van der Waals surface area contributed by atoms with Crippen LogP contribution in [0.4, 0.5) is 0 Å². The van der Waals surface area contributed by atoms with Crippen LogP contribution in [0.15, 0.2) is 36.4 Å². The lowest BCUT2D eigenvalue weighted by Crippen LogP contribution is -2.52. The number of aromatic nitrogens is 1. The highest BCUT2D eigenvalue weighted by Gasteiger charge is 2.27. The lowest BCUT2D eigenvalue weighted by Gasteiger charge is -2.41. The van der Waals surface area contributed by atoms with E-state index in [1.807, 2.05) is 0 Å². The van der Waals surface area contributed by atoms with Gasteiger partial charge in [-0.1, -0.05) is 0 Å². The highest BCUT2D eigenvalue weighted by atomic mass is 16.5. The van der Waals surface area contributed by atoms with Gasteiger partial charge < -0.3 is 24.3 Å². The van der Waals surface area contributed by atoms with Crippen molar-refractivity contribution in [3.05, 3.63) is 42.1 Å². The minimum atomic E-state index is -1.26. The van der Waals surface area contributed by atoms with Gasteiger partial charge in [0.1, 0.15) is 5.75 Å². The Hall–Kier alpha value is -2.88. The number of methoxy groups -OCH3 is 1. The van der Waals surface area contributed by atoms with Gasteiger partial charge in [-0.05, 0) is 31.2 Å². The number of hydrogen-bond acceptors (Lipinski definition) is 6. The fourth-order valence-electron chi connectivity index (χ4n) is 3.99. The molecular formula is C22H29N3O6. The van der Waals surface area contributed by atoms with Crippen molar-refractivity contribution in [1.82, 2.24) is 14.4 Å². The number of fused-ring (bicyclic) bond motifs is 3. The Bertz CT molecular complexity index is 932. The minimum Gasteiger partial charge on any atom is -0.497 e. The van der Waals surface area contributed by atoms with Gasteiger partial charge in [-0.3, -0.25) is 9.80 Å². The molecule has 0 aliphatic carbocycles. The molecule has 2 N–H and O–H groups in total. The van der Waals surface area contributed by atoms with Crippen LogP contribution in [0.1, 0.15) is 12.6 Å². The zero-order valence-corrected chi connectivity index (χ0v) is 17.9. The van der Waals surface area contributed by atoms with E-state index in [9.17, 15) is 9.59 Å². The number of carboxylic acid groups (broad SMARTS) is 2. The molecule has 4 rings (SSSR count). The molecule has 1 atom stereocenters. The first-order valence-electron chi connectivity index (χ1n) is 10.2. The predicted molar refractivity (Wildman–Crippen MR) is 115 cm³/mol. The van der Waals surface area contributed by atoms with Crippen molar-refractivity contribution in [1.29, 1.82) is 0 Å². The Morgan fingerprint density at radius 1 is 1.03 bits per heavy atom. The van der Waals surface area contributed by atoms with E-state index in [2.05, 4.69) is 45.6 Å². The largest absolute Gasteiger partial charge is 0.497 e. The van der Waals surface area contributed by atoms with Gasteiger partial charge in [0.05, 0.1) is 26.5 Å². The first-order chi connectivity index (χ1) is 14.9. The van der Waals surface area contributed by atoms with E-state index < -0.39 is 11.9 Å². The molecule has 0 radical (unpaired) electrons. The van der Waals surface area contributed by atoms with Crippen LogP contribution in [0.25, 0.3) is 10.9 Å². The van der Waals surface area contributed by atoms with E-state index in [0.29, 0.717) is 18.3 Å². The lowest BCUT2D eigenvalue weighted by atomic mass is 10.2. The normalized spacial score (nSPS) is 18.3. The molecular weight excluding hydrogens is 402 g/mol. The van der Waals surface area contributed by atoms with E-state index >= 15 is 0 Å². The van der Waals surface area contributed by atoms with Crippen molar-refractivity contribution in [2.75, 3.05) is 40.0 Å². The molecule has 1 fully saturated rings. The molecule has 0 bridgehead atoms. The topological polar surface area (TPSA) is 104 Å². The molecule has 1 saturated heterocycles. The standard InChI is InChI=1S/C18H25N3O2.C4H4O4/c1-14(19-7-9-23-10-8-19)20-5-6-21-16(13-20)11-15-12-17(22-2)3-4-18(15)21;5-3(6)1-2-4(7)8/h3-4,11-12,14H,5-10,13H2,1-2H3;1-2H,(H,5,6)(H,7,8)/b;2-1+. The second kappa shape index (κ2) is 10.4. The summed E-state index contributed by atoms with van der Waals surface area (Å²) in [4.78, 5) is 24.2. The molecule has 1 aromatic heterocycles. The molecule has 0 amide bonds. The summed E-state index contributed by atoms with van der Waals surface area (Å²) in [5, 5.41) is 16.9. The van der Waals surface area contributed by atoms with Crippen LogP contribution >= 0.6 is 0 Å². The third-order valence-electron chi connectivity index (χ3n) is 5.64. The summed E-state index contributed by atoms with van der Waals surface area (Å²) in [5.74, 6) is -1.58.